The Bertz CT molecular complexity index is 803. The summed E-state index contributed by atoms with van der Waals surface area (Å²) in [6.45, 7) is 0.288. The second kappa shape index (κ2) is 8.31. The van der Waals surface area contributed by atoms with Crippen LogP contribution in [0.1, 0.15) is 11.9 Å². The maximum absolute atomic E-state index is 10.9. The number of fused-ring (bicyclic) bond motifs is 1. The van der Waals surface area contributed by atoms with E-state index in [1.54, 1.807) is 0 Å². The van der Waals surface area contributed by atoms with Crippen LogP contribution < -0.4 is 0 Å². The van der Waals surface area contributed by atoms with E-state index in [4.69, 9.17) is 19.7 Å². The van der Waals surface area contributed by atoms with Crippen LogP contribution in [0.5, 0.6) is 0 Å². The predicted octanol–water partition coefficient (Wildman–Crippen LogP) is 3.66. The van der Waals surface area contributed by atoms with E-state index in [-0.39, 0.29) is 6.61 Å². The topological polar surface area (TPSA) is 96.7 Å². The van der Waals surface area contributed by atoms with Gasteiger partial charge in [0.1, 0.15) is 23.7 Å². The number of benzene rings is 2. The van der Waals surface area contributed by atoms with Crippen molar-refractivity contribution in [3.63, 3.8) is 0 Å². The van der Waals surface area contributed by atoms with E-state index in [9.17, 15) is 5.11 Å². The smallest absolute Gasteiger partial charge is 0.184 e. The molecule has 0 radical (unpaired) electrons. The second-order valence-corrected chi connectivity index (χ2v) is 7.51. The molecule has 0 amide bonds. The lowest BCUT2D eigenvalue weighted by Crippen LogP contribution is -2.60. The molecule has 0 bridgehead atoms. The Balaban J connectivity index is 1.53. The highest BCUT2D eigenvalue weighted by atomic mass is 32.2. The van der Waals surface area contributed by atoms with Gasteiger partial charge in [0, 0.05) is 15.4 Å². The van der Waals surface area contributed by atoms with E-state index < -0.39 is 36.1 Å². The average molecular weight is 385 g/mol. The molecule has 0 spiro atoms. The third-order valence-electron chi connectivity index (χ3n) is 4.59. The van der Waals surface area contributed by atoms with Gasteiger partial charge in [0.25, 0.3) is 0 Å². The van der Waals surface area contributed by atoms with E-state index in [2.05, 4.69) is 10.0 Å². The minimum Gasteiger partial charge on any atom is -0.390 e. The molecule has 2 heterocycles. The average Bonchev–Trinajstić information content (AvgIpc) is 2.72. The monoisotopic (exact) mass is 385 g/mol. The van der Waals surface area contributed by atoms with Crippen molar-refractivity contribution in [2.45, 2.75) is 41.0 Å². The highest BCUT2D eigenvalue weighted by molar-refractivity contribution is 7.99. The largest absolute Gasteiger partial charge is 0.390 e. The molecule has 0 aromatic heterocycles. The van der Waals surface area contributed by atoms with Crippen LogP contribution in [0, 0.1) is 0 Å². The molecule has 2 aromatic rings. The van der Waals surface area contributed by atoms with Gasteiger partial charge in [-0.2, -0.15) is 0 Å². The summed E-state index contributed by atoms with van der Waals surface area (Å²) < 4.78 is 17.9. The van der Waals surface area contributed by atoms with Gasteiger partial charge in [-0.05, 0) is 17.7 Å². The molecular weight excluding hydrogens is 366 g/mol. The number of aliphatic hydroxyl groups is 1. The molecule has 1 N–H and O–H groups in total. The zero-order valence-corrected chi connectivity index (χ0v) is 15.2. The number of hydrogen-bond donors (Lipinski definition) is 1. The molecule has 2 saturated heterocycles. The molecule has 140 valence electrons. The van der Waals surface area contributed by atoms with Gasteiger partial charge in [0.15, 0.2) is 6.29 Å². The number of rotatable bonds is 4. The molecule has 0 aliphatic carbocycles. The summed E-state index contributed by atoms with van der Waals surface area (Å²) >= 11 is 1.41. The third-order valence-corrected chi connectivity index (χ3v) is 5.75. The number of aliphatic hydroxyl groups excluding tert-OH is 1. The first-order chi connectivity index (χ1) is 13.3. The van der Waals surface area contributed by atoms with E-state index >= 15 is 0 Å². The van der Waals surface area contributed by atoms with E-state index in [1.165, 1.54) is 11.8 Å². The molecule has 0 saturated carbocycles. The molecule has 27 heavy (non-hydrogen) atoms. The molecule has 8 heteroatoms. The van der Waals surface area contributed by atoms with Gasteiger partial charge in [-0.3, -0.25) is 0 Å². The Kier molecular flexibility index (Phi) is 5.63. The molecule has 6 unspecified atom stereocenters. The van der Waals surface area contributed by atoms with Gasteiger partial charge >= 0.3 is 0 Å². The zero-order valence-electron chi connectivity index (χ0n) is 14.4. The fourth-order valence-electron chi connectivity index (χ4n) is 3.27. The van der Waals surface area contributed by atoms with Crippen LogP contribution in [0.25, 0.3) is 10.4 Å². The standard InChI is InChI=1S/C19H19N3O4S/c20-22-21-15-16(23)17-14(25-19(15)27-13-9-5-2-6-10-13)11-24-18(26-17)12-7-3-1-4-8-12/h1-10,14-19,23H,11H2. The fourth-order valence-corrected chi connectivity index (χ4v) is 4.41. The number of hydrogen-bond acceptors (Lipinski definition) is 6. The van der Waals surface area contributed by atoms with Crippen molar-refractivity contribution in [1.29, 1.82) is 0 Å². The van der Waals surface area contributed by atoms with E-state index in [0.29, 0.717) is 0 Å². The summed E-state index contributed by atoms with van der Waals surface area (Å²) in [5.41, 5.74) is 9.30. The summed E-state index contributed by atoms with van der Waals surface area (Å²) in [5.74, 6) is 0. The van der Waals surface area contributed by atoms with Gasteiger partial charge in [-0.1, -0.05) is 65.4 Å². The van der Waals surface area contributed by atoms with E-state index in [1.807, 2.05) is 60.7 Å². The Labute approximate surface area is 160 Å². The Morgan fingerprint density at radius 2 is 1.74 bits per heavy atom. The first-order valence-electron chi connectivity index (χ1n) is 8.68. The van der Waals surface area contributed by atoms with Crippen LogP contribution in [0.4, 0.5) is 0 Å². The maximum Gasteiger partial charge on any atom is 0.184 e. The first-order valence-corrected chi connectivity index (χ1v) is 9.55. The molecule has 2 fully saturated rings. The van der Waals surface area contributed by atoms with Gasteiger partial charge < -0.3 is 19.3 Å². The molecular formula is C19H19N3O4S. The fraction of sp³-hybridized carbons (Fsp3) is 0.368. The first kappa shape index (κ1) is 18.3. The lowest BCUT2D eigenvalue weighted by Gasteiger charge is -2.46. The zero-order chi connectivity index (χ0) is 18.6. The van der Waals surface area contributed by atoms with Crippen LogP contribution in [0.2, 0.25) is 0 Å². The Morgan fingerprint density at radius 3 is 2.44 bits per heavy atom. The predicted molar refractivity (Wildman–Crippen MR) is 99.9 cm³/mol. The van der Waals surface area contributed by atoms with Crippen molar-refractivity contribution in [2.75, 3.05) is 6.61 Å². The van der Waals surface area contributed by atoms with E-state index in [0.717, 1.165) is 10.5 Å². The SMILES string of the molecule is [N-]=[N+]=NC1C(Sc2ccccc2)OC2COC(c3ccccc3)OC2C1O. The molecule has 2 aliphatic rings. The maximum atomic E-state index is 10.9. The van der Waals surface area contributed by atoms with Crippen LogP contribution in [0.3, 0.4) is 0 Å². The van der Waals surface area contributed by atoms with Crippen molar-refractivity contribution >= 4 is 11.8 Å². The second-order valence-electron chi connectivity index (χ2n) is 6.34. The number of azide groups is 1. The lowest BCUT2D eigenvalue weighted by molar-refractivity contribution is -0.305. The summed E-state index contributed by atoms with van der Waals surface area (Å²) in [6, 6.07) is 18.4. The van der Waals surface area contributed by atoms with Gasteiger partial charge in [-0.25, -0.2) is 0 Å². The Hall–Kier alpha value is -2.06. The minimum atomic E-state index is -0.990. The van der Waals surface area contributed by atoms with Crippen molar-refractivity contribution in [1.82, 2.24) is 0 Å². The number of nitrogens with zero attached hydrogens (tertiary/aromatic N) is 3. The highest BCUT2D eigenvalue weighted by Gasteiger charge is 2.49. The summed E-state index contributed by atoms with van der Waals surface area (Å²) in [6.07, 6.45) is -2.65. The van der Waals surface area contributed by atoms with Crippen molar-refractivity contribution in [2.24, 2.45) is 5.11 Å². The van der Waals surface area contributed by atoms with Crippen molar-refractivity contribution in [3.8, 4) is 0 Å². The van der Waals surface area contributed by atoms with Crippen LogP contribution in [0.15, 0.2) is 70.7 Å². The number of ether oxygens (including phenoxy) is 3. The molecule has 4 rings (SSSR count). The third kappa shape index (κ3) is 3.96. The molecule has 7 nitrogen and oxygen atoms in total. The lowest BCUT2D eigenvalue weighted by atomic mass is 9.97. The number of thioether (sulfide) groups is 1. The van der Waals surface area contributed by atoms with Crippen LogP contribution in [-0.2, 0) is 14.2 Å². The molecule has 6 atom stereocenters. The van der Waals surface area contributed by atoms with Gasteiger partial charge in [0.2, 0.25) is 0 Å². The normalized spacial score (nSPS) is 32.9. The van der Waals surface area contributed by atoms with Gasteiger partial charge in [-0.15, -0.1) is 0 Å². The van der Waals surface area contributed by atoms with Crippen LogP contribution >= 0.6 is 11.8 Å². The Morgan fingerprint density at radius 1 is 1.04 bits per heavy atom. The van der Waals surface area contributed by atoms with Crippen molar-refractivity contribution < 1.29 is 19.3 Å². The minimum absolute atomic E-state index is 0.288. The summed E-state index contributed by atoms with van der Waals surface area (Å²) in [7, 11) is 0. The van der Waals surface area contributed by atoms with Gasteiger partial charge in [0.05, 0.1) is 12.7 Å². The van der Waals surface area contributed by atoms with Crippen LogP contribution in [-0.4, -0.2) is 41.5 Å². The highest BCUT2D eigenvalue weighted by Crippen LogP contribution is 2.39. The quantitative estimate of drug-likeness (QED) is 0.492. The summed E-state index contributed by atoms with van der Waals surface area (Å²) in [5, 5.41) is 14.7. The molecule has 2 aromatic carbocycles. The van der Waals surface area contributed by atoms with Crippen molar-refractivity contribution in [3.05, 3.63) is 76.7 Å². The molecule has 2 aliphatic heterocycles. The summed E-state index contributed by atoms with van der Waals surface area (Å²) in [4.78, 5) is 3.87.